The maximum atomic E-state index is 8.79. The molecule has 1 aliphatic rings. The van der Waals surface area contributed by atoms with Crippen molar-refractivity contribution in [1.29, 1.82) is 5.26 Å². The number of ether oxygens (including phenoxy) is 1. The second-order valence-electron chi connectivity index (χ2n) is 5.04. The first-order chi connectivity index (χ1) is 6.98. The standard InChI is InChI=1S/C12H22N2O/c1-5-11(6-7-13)14-8-10(2)15-12(3,4)9-14/h10-11H,5-6,8-9H2,1-4H3. The maximum absolute atomic E-state index is 8.79. The van der Waals surface area contributed by atoms with Crippen molar-refractivity contribution in [2.24, 2.45) is 0 Å². The Balaban J connectivity index is 2.64. The Morgan fingerprint density at radius 2 is 2.27 bits per heavy atom. The molecule has 3 nitrogen and oxygen atoms in total. The summed E-state index contributed by atoms with van der Waals surface area (Å²) in [5.74, 6) is 0. The molecule has 0 aliphatic carbocycles. The van der Waals surface area contributed by atoms with E-state index in [9.17, 15) is 0 Å². The third-order valence-electron chi connectivity index (χ3n) is 2.91. The van der Waals surface area contributed by atoms with Gasteiger partial charge in [0.2, 0.25) is 0 Å². The average molecular weight is 210 g/mol. The molecule has 1 saturated heterocycles. The molecule has 0 N–H and O–H groups in total. The number of nitriles is 1. The van der Waals surface area contributed by atoms with E-state index in [1.807, 2.05) is 0 Å². The van der Waals surface area contributed by atoms with Gasteiger partial charge in [0.15, 0.2) is 0 Å². The van der Waals surface area contributed by atoms with Crippen molar-refractivity contribution in [2.45, 2.75) is 58.3 Å². The van der Waals surface area contributed by atoms with Gasteiger partial charge >= 0.3 is 0 Å². The topological polar surface area (TPSA) is 36.3 Å². The predicted molar refractivity (Wildman–Crippen MR) is 60.5 cm³/mol. The summed E-state index contributed by atoms with van der Waals surface area (Å²) in [4.78, 5) is 2.40. The quantitative estimate of drug-likeness (QED) is 0.716. The van der Waals surface area contributed by atoms with Crippen LogP contribution in [0.4, 0.5) is 0 Å². The molecule has 0 aromatic carbocycles. The first-order valence-corrected chi connectivity index (χ1v) is 5.77. The number of hydrogen-bond acceptors (Lipinski definition) is 3. The Bertz CT molecular complexity index is 244. The molecule has 1 heterocycles. The molecule has 2 atom stereocenters. The fraction of sp³-hybridized carbons (Fsp3) is 0.917. The molecular formula is C12H22N2O. The summed E-state index contributed by atoms with van der Waals surface area (Å²) in [5, 5.41) is 8.79. The molecule has 2 unspecified atom stereocenters. The van der Waals surface area contributed by atoms with Crippen LogP contribution in [-0.4, -0.2) is 35.7 Å². The van der Waals surface area contributed by atoms with Crippen LogP contribution in [0.25, 0.3) is 0 Å². The fourth-order valence-corrected chi connectivity index (χ4v) is 2.42. The lowest BCUT2D eigenvalue weighted by Crippen LogP contribution is -2.55. The zero-order valence-electron chi connectivity index (χ0n) is 10.3. The van der Waals surface area contributed by atoms with Crippen LogP contribution in [0, 0.1) is 11.3 Å². The first kappa shape index (κ1) is 12.5. The van der Waals surface area contributed by atoms with Gasteiger partial charge in [-0.25, -0.2) is 0 Å². The second-order valence-corrected chi connectivity index (χ2v) is 5.04. The molecule has 0 amide bonds. The van der Waals surface area contributed by atoms with E-state index in [4.69, 9.17) is 10.00 Å². The number of morpholine rings is 1. The summed E-state index contributed by atoms with van der Waals surface area (Å²) in [5.41, 5.74) is -0.0828. The second kappa shape index (κ2) is 4.96. The molecule has 0 bridgehead atoms. The van der Waals surface area contributed by atoms with Crippen LogP contribution in [0.1, 0.15) is 40.5 Å². The Morgan fingerprint density at radius 3 is 2.73 bits per heavy atom. The Morgan fingerprint density at radius 1 is 1.60 bits per heavy atom. The highest BCUT2D eigenvalue weighted by atomic mass is 16.5. The summed E-state index contributed by atoms with van der Waals surface area (Å²) < 4.78 is 5.85. The summed E-state index contributed by atoms with van der Waals surface area (Å²) in [7, 11) is 0. The van der Waals surface area contributed by atoms with E-state index >= 15 is 0 Å². The smallest absolute Gasteiger partial charge is 0.0757 e. The van der Waals surface area contributed by atoms with Gasteiger partial charge in [-0.1, -0.05) is 6.92 Å². The fourth-order valence-electron chi connectivity index (χ4n) is 2.42. The van der Waals surface area contributed by atoms with Crippen molar-refractivity contribution in [1.82, 2.24) is 4.90 Å². The summed E-state index contributed by atoms with van der Waals surface area (Å²) in [6.45, 7) is 10.4. The van der Waals surface area contributed by atoms with E-state index in [1.165, 1.54) is 0 Å². The molecule has 3 heteroatoms. The van der Waals surface area contributed by atoms with Crippen LogP contribution in [0.15, 0.2) is 0 Å². The van der Waals surface area contributed by atoms with Crippen molar-refractivity contribution in [2.75, 3.05) is 13.1 Å². The van der Waals surface area contributed by atoms with Gasteiger partial charge in [0, 0.05) is 19.1 Å². The minimum Gasteiger partial charge on any atom is -0.370 e. The van der Waals surface area contributed by atoms with E-state index in [2.05, 4.69) is 38.7 Å². The Labute approximate surface area is 93.0 Å². The van der Waals surface area contributed by atoms with E-state index < -0.39 is 0 Å². The summed E-state index contributed by atoms with van der Waals surface area (Å²) in [6.07, 6.45) is 1.93. The van der Waals surface area contributed by atoms with Gasteiger partial charge in [0.1, 0.15) is 0 Å². The highest BCUT2D eigenvalue weighted by molar-refractivity contribution is 4.89. The van der Waals surface area contributed by atoms with Crippen LogP contribution in [0.2, 0.25) is 0 Å². The molecule has 1 rings (SSSR count). The van der Waals surface area contributed by atoms with Gasteiger partial charge in [-0.15, -0.1) is 0 Å². The van der Waals surface area contributed by atoms with Crippen LogP contribution in [-0.2, 0) is 4.74 Å². The lowest BCUT2D eigenvalue weighted by molar-refractivity contribution is -0.137. The lowest BCUT2D eigenvalue weighted by Gasteiger charge is -2.44. The van der Waals surface area contributed by atoms with Gasteiger partial charge in [-0.05, 0) is 27.2 Å². The normalized spacial score (nSPS) is 28.3. The summed E-state index contributed by atoms with van der Waals surface area (Å²) >= 11 is 0. The van der Waals surface area contributed by atoms with Crippen molar-refractivity contribution >= 4 is 0 Å². The SMILES string of the molecule is CCC(CC#N)N1CC(C)OC(C)(C)C1. The minimum absolute atomic E-state index is 0.0828. The van der Waals surface area contributed by atoms with Gasteiger partial charge in [-0.2, -0.15) is 5.26 Å². The van der Waals surface area contributed by atoms with Gasteiger partial charge < -0.3 is 4.74 Å². The molecule has 0 radical (unpaired) electrons. The molecule has 0 aromatic rings. The van der Waals surface area contributed by atoms with Crippen LogP contribution in [0.3, 0.4) is 0 Å². The van der Waals surface area contributed by atoms with Crippen LogP contribution >= 0.6 is 0 Å². The minimum atomic E-state index is -0.0828. The number of rotatable bonds is 3. The highest BCUT2D eigenvalue weighted by Crippen LogP contribution is 2.24. The molecule has 0 saturated carbocycles. The Hall–Kier alpha value is -0.590. The summed E-state index contributed by atoms with van der Waals surface area (Å²) in [6, 6.07) is 2.67. The van der Waals surface area contributed by atoms with E-state index in [-0.39, 0.29) is 11.7 Å². The van der Waals surface area contributed by atoms with Crippen molar-refractivity contribution in [3.63, 3.8) is 0 Å². The van der Waals surface area contributed by atoms with Crippen molar-refractivity contribution < 1.29 is 4.74 Å². The third-order valence-corrected chi connectivity index (χ3v) is 2.91. The zero-order valence-corrected chi connectivity index (χ0v) is 10.3. The van der Waals surface area contributed by atoms with E-state index in [0.29, 0.717) is 12.5 Å². The molecule has 1 fully saturated rings. The van der Waals surface area contributed by atoms with Crippen molar-refractivity contribution in [3.8, 4) is 6.07 Å². The van der Waals surface area contributed by atoms with Crippen molar-refractivity contribution in [3.05, 3.63) is 0 Å². The van der Waals surface area contributed by atoms with Crippen LogP contribution < -0.4 is 0 Å². The molecule has 0 spiro atoms. The van der Waals surface area contributed by atoms with E-state index in [1.54, 1.807) is 0 Å². The van der Waals surface area contributed by atoms with Gasteiger partial charge in [0.05, 0.1) is 24.2 Å². The van der Waals surface area contributed by atoms with E-state index in [0.717, 1.165) is 19.5 Å². The number of nitrogens with zero attached hydrogens (tertiary/aromatic N) is 2. The number of hydrogen-bond donors (Lipinski definition) is 0. The molecule has 15 heavy (non-hydrogen) atoms. The molecule has 86 valence electrons. The Kier molecular flexibility index (Phi) is 4.12. The highest BCUT2D eigenvalue weighted by Gasteiger charge is 2.33. The van der Waals surface area contributed by atoms with Gasteiger partial charge in [-0.3, -0.25) is 4.90 Å². The van der Waals surface area contributed by atoms with Gasteiger partial charge in [0.25, 0.3) is 0 Å². The maximum Gasteiger partial charge on any atom is 0.0757 e. The zero-order chi connectivity index (χ0) is 11.5. The molecule has 1 aliphatic heterocycles. The van der Waals surface area contributed by atoms with Crippen LogP contribution in [0.5, 0.6) is 0 Å². The third kappa shape index (κ3) is 3.48. The lowest BCUT2D eigenvalue weighted by atomic mass is 10.0. The molecule has 0 aromatic heterocycles. The molecular weight excluding hydrogens is 188 g/mol. The largest absolute Gasteiger partial charge is 0.370 e. The predicted octanol–water partition coefficient (Wildman–Crippen LogP) is 2.18. The monoisotopic (exact) mass is 210 g/mol. The average Bonchev–Trinajstić information content (AvgIpc) is 2.10. The first-order valence-electron chi connectivity index (χ1n) is 5.77.